The summed E-state index contributed by atoms with van der Waals surface area (Å²) in [5.74, 6) is -3.60. The van der Waals surface area contributed by atoms with Crippen molar-refractivity contribution in [3.8, 4) is 0 Å². The molecule has 2 aromatic rings. The van der Waals surface area contributed by atoms with E-state index < -0.39 is 41.7 Å². The molecule has 214 valence electrons. The lowest BCUT2D eigenvalue weighted by molar-refractivity contribution is -0.00815. The zero-order valence-corrected chi connectivity index (χ0v) is 22.8. The summed E-state index contributed by atoms with van der Waals surface area (Å²) in [5.41, 5.74) is 5.63. The van der Waals surface area contributed by atoms with Crippen molar-refractivity contribution >= 4 is 17.7 Å². The van der Waals surface area contributed by atoms with Crippen LogP contribution in [0.15, 0.2) is 36.4 Å². The van der Waals surface area contributed by atoms with Crippen LogP contribution in [0.2, 0.25) is 0 Å². The molecule has 0 bridgehead atoms. The van der Waals surface area contributed by atoms with Crippen LogP contribution in [-0.2, 0) is 6.42 Å². The van der Waals surface area contributed by atoms with Gasteiger partial charge in [-0.05, 0) is 61.6 Å². The molecular weight excluding hydrogens is 508 g/mol. The molecule has 3 atom stereocenters. The number of hydrogen-bond acceptors (Lipinski definition) is 5. The van der Waals surface area contributed by atoms with Gasteiger partial charge in [-0.2, -0.15) is 0 Å². The number of halogens is 2. The van der Waals surface area contributed by atoms with Gasteiger partial charge in [-0.3, -0.25) is 14.4 Å². The van der Waals surface area contributed by atoms with Crippen molar-refractivity contribution < 1.29 is 33.4 Å². The average Bonchev–Trinajstić information content (AvgIpc) is 2.89. The Morgan fingerprint density at radius 1 is 0.872 bits per heavy atom. The van der Waals surface area contributed by atoms with Crippen LogP contribution in [-0.4, -0.2) is 64.2 Å². The summed E-state index contributed by atoms with van der Waals surface area (Å²) in [5, 5.41) is 24.0. The van der Waals surface area contributed by atoms with Crippen LogP contribution >= 0.6 is 0 Å². The van der Waals surface area contributed by atoms with Gasteiger partial charge < -0.3 is 26.2 Å². The lowest BCUT2D eigenvalue weighted by Crippen LogP contribution is -2.50. The molecule has 0 fully saturated rings. The number of rotatable bonds is 15. The van der Waals surface area contributed by atoms with Crippen molar-refractivity contribution in [1.29, 1.82) is 0 Å². The number of amides is 3. The molecule has 0 aromatic heterocycles. The van der Waals surface area contributed by atoms with E-state index in [4.69, 9.17) is 5.73 Å². The van der Waals surface area contributed by atoms with Crippen LogP contribution in [0, 0.1) is 11.6 Å². The quantitative estimate of drug-likeness (QED) is 0.271. The lowest BCUT2D eigenvalue weighted by atomic mass is 9.94. The highest BCUT2D eigenvalue weighted by molar-refractivity contribution is 6.04. The predicted octanol–water partition coefficient (Wildman–Crippen LogP) is 3.58. The number of aliphatic hydroxyl groups is 2. The Morgan fingerprint density at radius 3 is 1.97 bits per heavy atom. The lowest BCUT2D eigenvalue weighted by Gasteiger charge is -2.28. The molecule has 10 heteroatoms. The molecule has 3 amide bonds. The third kappa shape index (κ3) is 9.40. The minimum Gasteiger partial charge on any atom is -0.390 e. The van der Waals surface area contributed by atoms with Gasteiger partial charge in [-0.15, -0.1) is 0 Å². The van der Waals surface area contributed by atoms with Crippen molar-refractivity contribution in [2.45, 2.75) is 77.5 Å². The van der Waals surface area contributed by atoms with Crippen LogP contribution < -0.4 is 11.1 Å². The molecule has 5 N–H and O–H groups in total. The number of aliphatic hydroxyl groups excluding tert-OH is 2. The summed E-state index contributed by atoms with van der Waals surface area (Å²) in [4.78, 5) is 40.2. The second-order valence-electron chi connectivity index (χ2n) is 9.72. The number of primary amides is 1. The number of unbranched alkanes of at least 4 members (excludes halogenated alkanes) is 1. The third-order valence-corrected chi connectivity index (χ3v) is 6.36. The first-order valence-electron chi connectivity index (χ1n) is 13.4. The van der Waals surface area contributed by atoms with Gasteiger partial charge in [0.15, 0.2) is 0 Å². The SMILES string of the molecule is CCCC[C@@H](O)[C@H](O)[C@H](Cc1cc(F)cc(F)c1)NC(=O)c1cc(C(N)=O)cc(C(=O)N(CCC)CCC)c1. The minimum atomic E-state index is -1.46. The molecular formula is C29H39F2N3O5. The summed E-state index contributed by atoms with van der Waals surface area (Å²) < 4.78 is 27.7. The van der Waals surface area contributed by atoms with E-state index in [1.807, 2.05) is 20.8 Å². The van der Waals surface area contributed by atoms with Crippen LogP contribution in [0.5, 0.6) is 0 Å². The Labute approximate surface area is 228 Å². The van der Waals surface area contributed by atoms with Gasteiger partial charge in [0.1, 0.15) is 17.7 Å². The molecule has 0 saturated carbocycles. The molecule has 39 heavy (non-hydrogen) atoms. The normalized spacial score (nSPS) is 13.4. The monoisotopic (exact) mass is 547 g/mol. The smallest absolute Gasteiger partial charge is 0.253 e. The molecule has 0 saturated heterocycles. The largest absolute Gasteiger partial charge is 0.390 e. The predicted molar refractivity (Wildman–Crippen MR) is 144 cm³/mol. The van der Waals surface area contributed by atoms with E-state index in [-0.39, 0.29) is 41.0 Å². The van der Waals surface area contributed by atoms with Gasteiger partial charge in [-0.25, -0.2) is 8.78 Å². The zero-order valence-electron chi connectivity index (χ0n) is 22.8. The summed E-state index contributed by atoms with van der Waals surface area (Å²) in [6.07, 6.45) is 0.209. The zero-order chi connectivity index (χ0) is 29.1. The summed E-state index contributed by atoms with van der Waals surface area (Å²) in [6.45, 7) is 6.76. The van der Waals surface area contributed by atoms with Crippen LogP contribution in [0.1, 0.15) is 89.5 Å². The number of nitrogens with one attached hydrogen (secondary N) is 1. The van der Waals surface area contributed by atoms with E-state index in [1.165, 1.54) is 18.2 Å². The Hall–Kier alpha value is -3.37. The number of nitrogens with zero attached hydrogens (tertiary/aromatic N) is 1. The fraction of sp³-hybridized carbons (Fsp3) is 0.483. The van der Waals surface area contributed by atoms with E-state index in [0.717, 1.165) is 31.4 Å². The molecule has 2 aromatic carbocycles. The van der Waals surface area contributed by atoms with Gasteiger partial charge in [0.2, 0.25) is 5.91 Å². The van der Waals surface area contributed by atoms with Gasteiger partial charge in [-0.1, -0.05) is 33.6 Å². The number of carbonyl (C=O) groups excluding carboxylic acids is 3. The van der Waals surface area contributed by atoms with E-state index in [1.54, 1.807) is 4.90 Å². The fourth-order valence-electron chi connectivity index (χ4n) is 4.41. The van der Waals surface area contributed by atoms with Gasteiger partial charge in [0.25, 0.3) is 11.8 Å². The van der Waals surface area contributed by atoms with E-state index in [9.17, 15) is 33.4 Å². The number of nitrogens with two attached hydrogens (primary N) is 1. The molecule has 0 aliphatic rings. The summed E-state index contributed by atoms with van der Waals surface area (Å²) in [7, 11) is 0. The Balaban J connectivity index is 2.44. The highest BCUT2D eigenvalue weighted by Crippen LogP contribution is 2.18. The van der Waals surface area contributed by atoms with E-state index >= 15 is 0 Å². The van der Waals surface area contributed by atoms with Crippen LogP contribution in [0.4, 0.5) is 8.78 Å². The fourth-order valence-corrected chi connectivity index (χ4v) is 4.41. The Kier molecular flexibility index (Phi) is 12.5. The van der Waals surface area contributed by atoms with Crippen molar-refractivity contribution in [3.63, 3.8) is 0 Å². The second kappa shape index (κ2) is 15.3. The second-order valence-corrected chi connectivity index (χ2v) is 9.72. The standard InChI is InChI=1S/C29H39F2N3O5/c1-4-7-8-25(35)26(36)24(13-18-11-22(30)17-23(31)12-18)33-28(38)20-14-19(27(32)37)15-21(16-20)29(39)34(9-5-2)10-6-3/h11-12,14-17,24-26,35-36H,4-10,13H2,1-3H3,(H2,32,37)(H,33,38)/t24-,25+,26+/m0/s1. The first kappa shape index (κ1) is 31.8. The van der Waals surface area contributed by atoms with Crippen molar-refractivity contribution in [2.75, 3.05) is 13.1 Å². The molecule has 0 heterocycles. The van der Waals surface area contributed by atoms with E-state index in [0.29, 0.717) is 25.6 Å². The maximum Gasteiger partial charge on any atom is 0.253 e. The molecule has 0 radical (unpaired) electrons. The topological polar surface area (TPSA) is 133 Å². The number of hydrogen-bond donors (Lipinski definition) is 4. The van der Waals surface area contributed by atoms with E-state index in [2.05, 4.69) is 5.32 Å². The van der Waals surface area contributed by atoms with Crippen molar-refractivity contribution in [1.82, 2.24) is 10.2 Å². The van der Waals surface area contributed by atoms with Crippen LogP contribution in [0.3, 0.4) is 0 Å². The third-order valence-electron chi connectivity index (χ3n) is 6.36. The maximum absolute atomic E-state index is 13.8. The molecule has 2 rings (SSSR count). The first-order chi connectivity index (χ1) is 18.5. The maximum atomic E-state index is 13.8. The Morgan fingerprint density at radius 2 is 1.44 bits per heavy atom. The minimum absolute atomic E-state index is 0.0498. The molecule has 0 aliphatic carbocycles. The molecule has 0 unspecified atom stereocenters. The highest BCUT2D eigenvalue weighted by atomic mass is 19.1. The van der Waals surface area contributed by atoms with Crippen molar-refractivity contribution in [2.24, 2.45) is 5.73 Å². The number of benzene rings is 2. The molecule has 8 nitrogen and oxygen atoms in total. The summed E-state index contributed by atoms with van der Waals surface area (Å²) in [6, 6.07) is 5.62. The van der Waals surface area contributed by atoms with Crippen molar-refractivity contribution in [3.05, 3.63) is 70.3 Å². The van der Waals surface area contributed by atoms with Crippen LogP contribution in [0.25, 0.3) is 0 Å². The molecule has 0 spiro atoms. The average molecular weight is 548 g/mol. The van der Waals surface area contributed by atoms with Gasteiger partial charge in [0.05, 0.1) is 12.1 Å². The number of carbonyl (C=O) groups is 3. The summed E-state index contributed by atoms with van der Waals surface area (Å²) >= 11 is 0. The Bertz CT molecular complexity index is 1120. The molecule has 0 aliphatic heterocycles. The van der Waals surface area contributed by atoms with Gasteiger partial charge >= 0.3 is 0 Å². The first-order valence-corrected chi connectivity index (χ1v) is 13.4. The highest BCUT2D eigenvalue weighted by Gasteiger charge is 2.29. The van der Waals surface area contributed by atoms with Gasteiger partial charge in [0, 0.05) is 35.8 Å².